The average molecular weight is 265 g/mol. The van der Waals surface area contributed by atoms with Crippen molar-refractivity contribution in [3.8, 4) is 5.75 Å². The van der Waals surface area contributed by atoms with Gasteiger partial charge in [0.2, 0.25) is 0 Å². The fourth-order valence-electron chi connectivity index (χ4n) is 1.70. The van der Waals surface area contributed by atoms with E-state index < -0.39 is 0 Å². The number of aryl methyl sites for hydroxylation is 1. The smallest absolute Gasteiger partial charge is 0.344 e. The summed E-state index contributed by atoms with van der Waals surface area (Å²) in [6.07, 6.45) is -0.115. The van der Waals surface area contributed by atoms with Crippen molar-refractivity contribution in [2.45, 2.75) is 39.8 Å². The number of hydrogen-bond acceptors (Lipinski definition) is 4. The maximum atomic E-state index is 11.4. The summed E-state index contributed by atoms with van der Waals surface area (Å²) in [5, 5.41) is 3.18. The molecule has 1 N–H and O–H groups in total. The van der Waals surface area contributed by atoms with E-state index in [2.05, 4.69) is 18.3 Å². The Morgan fingerprint density at radius 2 is 2.00 bits per heavy atom. The van der Waals surface area contributed by atoms with Gasteiger partial charge in [-0.3, -0.25) is 0 Å². The van der Waals surface area contributed by atoms with E-state index in [1.54, 1.807) is 0 Å². The van der Waals surface area contributed by atoms with Crippen molar-refractivity contribution in [1.82, 2.24) is 5.32 Å². The van der Waals surface area contributed by atoms with Gasteiger partial charge in [-0.25, -0.2) is 4.79 Å². The quantitative estimate of drug-likeness (QED) is 0.803. The Morgan fingerprint density at radius 1 is 1.32 bits per heavy atom. The van der Waals surface area contributed by atoms with Gasteiger partial charge in [-0.2, -0.15) is 0 Å². The fraction of sp³-hybridized carbons (Fsp3) is 0.533. The molecule has 0 aliphatic heterocycles. The third-order valence-corrected chi connectivity index (χ3v) is 2.84. The van der Waals surface area contributed by atoms with E-state index in [-0.39, 0.29) is 18.7 Å². The second-order valence-corrected chi connectivity index (χ2v) is 4.86. The zero-order valence-corrected chi connectivity index (χ0v) is 12.3. The lowest BCUT2D eigenvalue weighted by Gasteiger charge is -2.14. The highest BCUT2D eigenvalue weighted by molar-refractivity contribution is 5.71. The molecular formula is C15H23NO3. The van der Waals surface area contributed by atoms with E-state index in [1.165, 1.54) is 5.56 Å². The molecule has 0 bridgehead atoms. The molecule has 1 atom stereocenters. The van der Waals surface area contributed by atoms with Gasteiger partial charge in [-0.15, -0.1) is 0 Å². The van der Waals surface area contributed by atoms with Gasteiger partial charge in [0.15, 0.2) is 6.61 Å². The molecule has 0 spiro atoms. The van der Waals surface area contributed by atoms with E-state index in [1.807, 2.05) is 40.0 Å². The zero-order chi connectivity index (χ0) is 14.4. The van der Waals surface area contributed by atoms with Gasteiger partial charge in [0.1, 0.15) is 5.75 Å². The summed E-state index contributed by atoms with van der Waals surface area (Å²) >= 11 is 0. The van der Waals surface area contributed by atoms with Crippen LogP contribution in [-0.4, -0.2) is 25.7 Å². The van der Waals surface area contributed by atoms with Gasteiger partial charge in [0.05, 0.1) is 6.10 Å². The van der Waals surface area contributed by atoms with E-state index in [0.717, 1.165) is 5.56 Å². The molecule has 106 valence electrons. The predicted octanol–water partition coefficient (Wildman–Crippen LogP) is 2.61. The summed E-state index contributed by atoms with van der Waals surface area (Å²) in [4.78, 5) is 11.4. The Bertz CT molecular complexity index is 429. The summed E-state index contributed by atoms with van der Waals surface area (Å²) in [7, 11) is 1.92. The Morgan fingerprint density at radius 3 is 2.53 bits per heavy atom. The molecule has 4 nitrogen and oxygen atoms in total. The SMILES string of the molecule is CNC(C)c1ccc(OCC(=O)OC(C)C)c(C)c1. The van der Waals surface area contributed by atoms with Crippen molar-refractivity contribution in [3.63, 3.8) is 0 Å². The Hall–Kier alpha value is -1.55. The Labute approximate surface area is 115 Å². The normalized spacial score (nSPS) is 12.3. The molecule has 4 heteroatoms. The summed E-state index contributed by atoms with van der Waals surface area (Å²) in [5.41, 5.74) is 2.20. The first-order valence-electron chi connectivity index (χ1n) is 6.54. The van der Waals surface area contributed by atoms with Crippen LogP contribution in [0.5, 0.6) is 5.75 Å². The molecule has 1 rings (SSSR count). The molecule has 0 heterocycles. The first-order valence-corrected chi connectivity index (χ1v) is 6.54. The van der Waals surface area contributed by atoms with E-state index >= 15 is 0 Å². The number of carbonyl (C=O) groups is 1. The highest BCUT2D eigenvalue weighted by Gasteiger charge is 2.09. The van der Waals surface area contributed by atoms with Crippen molar-refractivity contribution in [3.05, 3.63) is 29.3 Å². The summed E-state index contributed by atoms with van der Waals surface area (Å²) in [6, 6.07) is 6.24. The first kappa shape index (κ1) is 15.5. The maximum absolute atomic E-state index is 11.4. The minimum absolute atomic E-state index is 0.0556. The van der Waals surface area contributed by atoms with Gasteiger partial charge in [0.25, 0.3) is 0 Å². The first-order chi connectivity index (χ1) is 8.93. The van der Waals surface area contributed by atoms with Gasteiger partial charge in [-0.05, 0) is 51.9 Å². The zero-order valence-electron chi connectivity index (χ0n) is 12.3. The van der Waals surface area contributed by atoms with Crippen molar-refractivity contribution in [2.75, 3.05) is 13.7 Å². The second kappa shape index (κ2) is 7.14. The number of benzene rings is 1. The van der Waals surface area contributed by atoms with Crippen molar-refractivity contribution in [2.24, 2.45) is 0 Å². The standard InChI is InChI=1S/C15H23NO3/c1-10(2)19-15(17)9-18-14-7-6-13(8-11(14)3)12(4)16-5/h6-8,10,12,16H,9H2,1-5H3. The number of rotatable bonds is 6. The number of esters is 1. The molecular weight excluding hydrogens is 242 g/mol. The molecule has 1 aromatic rings. The summed E-state index contributed by atoms with van der Waals surface area (Å²) in [6.45, 7) is 7.64. The minimum Gasteiger partial charge on any atom is -0.482 e. The molecule has 19 heavy (non-hydrogen) atoms. The van der Waals surface area contributed by atoms with Crippen LogP contribution in [0.1, 0.15) is 37.9 Å². The molecule has 0 amide bonds. The topological polar surface area (TPSA) is 47.6 Å². The van der Waals surface area contributed by atoms with E-state index in [4.69, 9.17) is 9.47 Å². The Kier molecular flexibility index (Phi) is 5.83. The van der Waals surface area contributed by atoms with Gasteiger partial charge >= 0.3 is 5.97 Å². The van der Waals surface area contributed by atoms with E-state index in [9.17, 15) is 4.79 Å². The third kappa shape index (κ3) is 4.91. The highest BCUT2D eigenvalue weighted by atomic mass is 16.6. The van der Waals surface area contributed by atoms with Crippen LogP contribution in [-0.2, 0) is 9.53 Å². The molecule has 1 unspecified atom stereocenters. The average Bonchev–Trinajstić information content (AvgIpc) is 2.35. The van der Waals surface area contributed by atoms with Crippen LogP contribution in [0.15, 0.2) is 18.2 Å². The summed E-state index contributed by atoms with van der Waals surface area (Å²) < 4.78 is 10.5. The third-order valence-electron chi connectivity index (χ3n) is 2.84. The highest BCUT2D eigenvalue weighted by Crippen LogP contribution is 2.22. The molecule has 0 aliphatic rings. The number of carbonyl (C=O) groups excluding carboxylic acids is 1. The second-order valence-electron chi connectivity index (χ2n) is 4.86. The molecule has 0 saturated carbocycles. The molecule has 0 saturated heterocycles. The van der Waals surface area contributed by atoms with Gasteiger partial charge in [0, 0.05) is 6.04 Å². The molecule has 0 radical (unpaired) electrons. The fourth-order valence-corrected chi connectivity index (χ4v) is 1.70. The van der Waals surface area contributed by atoms with Gasteiger partial charge < -0.3 is 14.8 Å². The van der Waals surface area contributed by atoms with Crippen molar-refractivity contribution < 1.29 is 14.3 Å². The van der Waals surface area contributed by atoms with Crippen LogP contribution in [0.25, 0.3) is 0 Å². The van der Waals surface area contributed by atoms with Crippen LogP contribution in [0.4, 0.5) is 0 Å². The number of nitrogens with one attached hydrogen (secondary N) is 1. The van der Waals surface area contributed by atoms with Crippen LogP contribution >= 0.6 is 0 Å². The lowest BCUT2D eigenvalue weighted by molar-refractivity contribution is -0.149. The summed E-state index contributed by atoms with van der Waals surface area (Å²) in [5.74, 6) is 0.370. The van der Waals surface area contributed by atoms with Crippen molar-refractivity contribution >= 4 is 5.97 Å². The molecule has 1 aromatic carbocycles. The monoisotopic (exact) mass is 265 g/mol. The molecule has 0 fully saturated rings. The van der Waals surface area contributed by atoms with Crippen LogP contribution in [0, 0.1) is 6.92 Å². The van der Waals surface area contributed by atoms with Gasteiger partial charge in [-0.1, -0.05) is 12.1 Å². The van der Waals surface area contributed by atoms with Crippen molar-refractivity contribution in [1.29, 1.82) is 0 Å². The maximum Gasteiger partial charge on any atom is 0.344 e. The molecule has 0 aliphatic carbocycles. The number of ether oxygens (including phenoxy) is 2. The Balaban J connectivity index is 2.63. The van der Waals surface area contributed by atoms with Crippen LogP contribution in [0.3, 0.4) is 0 Å². The largest absolute Gasteiger partial charge is 0.482 e. The number of hydrogen-bond donors (Lipinski definition) is 1. The minimum atomic E-state index is -0.345. The van der Waals surface area contributed by atoms with Crippen LogP contribution < -0.4 is 10.1 Å². The van der Waals surface area contributed by atoms with Crippen LogP contribution in [0.2, 0.25) is 0 Å². The lowest BCUT2D eigenvalue weighted by Crippen LogP contribution is -2.19. The molecule has 0 aromatic heterocycles. The predicted molar refractivity (Wildman–Crippen MR) is 75.4 cm³/mol. The van der Waals surface area contributed by atoms with E-state index in [0.29, 0.717) is 11.8 Å². The lowest BCUT2D eigenvalue weighted by atomic mass is 10.1.